The summed E-state index contributed by atoms with van der Waals surface area (Å²) < 4.78 is 31.2. The number of nitrogens with one attached hydrogen (secondary N) is 1. The predicted octanol–water partition coefficient (Wildman–Crippen LogP) is 2.04. The molecule has 1 aromatic rings. The fourth-order valence-corrected chi connectivity index (χ4v) is 2.91. The number of benzene rings is 1. The summed E-state index contributed by atoms with van der Waals surface area (Å²) in [4.78, 5) is 11.4. The summed E-state index contributed by atoms with van der Waals surface area (Å²) in [6, 6.07) is 9.47. The summed E-state index contributed by atoms with van der Waals surface area (Å²) in [7, 11) is -4.21. The Labute approximate surface area is 125 Å². The summed E-state index contributed by atoms with van der Waals surface area (Å²) in [5, 5.41) is 2.54. The molecule has 0 spiro atoms. The lowest BCUT2D eigenvalue weighted by Crippen LogP contribution is -2.49. The molecule has 1 aromatic carbocycles. The molecule has 6 heteroatoms. The Hall–Kier alpha value is -1.92. The molecular formula is C15H19NO4S. The van der Waals surface area contributed by atoms with E-state index in [0.717, 1.165) is 11.6 Å². The van der Waals surface area contributed by atoms with Crippen LogP contribution in [0, 0.1) is 0 Å². The summed E-state index contributed by atoms with van der Waals surface area (Å²) in [5.74, 6) is -1.06. The molecule has 114 valence electrons. The van der Waals surface area contributed by atoms with Gasteiger partial charge < -0.3 is 5.32 Å². The first-order chi connectivity index (χ1) is 9.74. The first-order valence-electron chi connectivity index (χ1n) is 6.35. The molecule has 0 aliphatic rings. The van der Waals surface area contributed by atoms with Crippen LogP contribution in [0.3, 0.4) is 0 Å². The van der Waals surface area contributed by atoms with Gasteiger partial charge in [0.15, 0.2) is 0 Å². The zero-order chi connectivity index (χ0) is 15.9. The Bertz CT molecular complexity index is 622. The molecule has 5 nitrogen and oxygen atoms in total. The van der Waals surface area contributed by atoms with E-state index in [1.165, 1.54) is 0 Å². The molecular weight excluding hydrogens is 290 g/mol. The van der Waals surface area contributed by atoms with Gasteiger partial charge in [-0.15, -0.1) is 0 Å². The highest BCUT2D eigenvalue weighted by molar-refractivity contribution is 7.85. The second kappa shape index (κ2) is 7.19. The lowest BCUT2D eigenvalue weighted by Gasteiger charge is -2.27. The van der Waals surface area contributed by atoms with Crippen LogP contribution in [0.15, 0.2) is 49.1 Å². The Morgan fingerprint density at radius 2 is 2.00 bits per heavy atom. The van der Waals surface area contributed by atoms with E-state index in [1.807, 2.05) is 36.4 Å². The quantitative estimate of drug-likeness (QED) is 0.596. The van der Waals surface area contributed by atoms with Gasteiger partial charge in [0.05, 0.1) is 11.3 Å². The van der Waals surface area contributed by atoms with Crippen molar-refractivity contribution < 1.29 is 17.8 Å². The van der Waals surface area contributed by atoms with E-state index in [-0.39, 0.29) is 6.42 Å². The van der Waals surface area contributed by atoms with Crippen molar-refractivity contribution in [2.75, 3.05) is 5.75 Å². The molecule has 0 heterocycles. The van der Waals surface area contributed by atoms with Gasteiger partial charge >= 0.3 is 0 Å². The van der Waals surface area contributed by atoms with Crippen molar-refractivity contribution in [3.63, 3.8) is 0 Å². The molecule has 1 unspecified atom stereocenters. The Morgan fingerprint density at radius 3 is 2.52 bits per heavy atom. The van der Waals surface area contributed by atoms with Crippen molar-refractivity contribution in [1.29, 1.82) is 0 Å². The van der Waals surface area contributed by atoms with Gasteiger partial charge in [-0.25, -0.2) is 0 Å². The number of amides is 1. The summed E-state index contributed by atoms with van der Waals surface area (Å²) in [5.41, 5.74) is -0.147. The van der Waals surface area contributed by atoms with Gasteiger partial charge in [-0.1, -0.05) is 49.1 Å². The van der Waals surface area contributed by atoms with E-state index in [4.69, 9.17) is 4.55 Å². The highest BCUT2D eigenvalue weighted by Crippen LogP contribution is 2.15. The minimum absolute atomic E-state index is 0.251. The molecule has 0 bridgehead atoms. The van der Waals surface area contributed by atoms with Crippen LogP contribution in [-0.2, 0) is 14.9 Å². The molecule has 1 rings (SSSR count). The van der Waals surface area contributed by atoms with E-state index in [1.54, 1.807) is 13.0 Å². The summed E-state index contributed by atoms with van der Waals surface area (Å²) >= 11 is 0. The first-order valence-corrected chi connectivity index (χ1v) is 7.96. The van der Waals surface area contributed by atoms with Crippen molar-refractivity contribution in [2.24, 2.45) is 0 Å². The smallest absolute Gasteiger partial charge is 0.267 e. The van der Waals surface area contributed by atoms with Crippen molar-refractivity contribution in [3.05, 3.63) is 54.6 Å². The highest BCUT2D eigenvalue weighted by atomic mass is 32.2. The van der Waals surface area contributed by atoms with Crippen molar-refractivity contribution in [3.8, 4) is 0 Å². The van der Waals surface area contributed by atoms with E-state index < -0.39 is 27.3 Å². The highest BCUT2D eigenvalue weighted by Gasteiger charge is 2.30. The molecule has 1 atom stereocenters. The normalized spacial score (nSPS) is 14.6. The van der Waals surface area contributed by atoms with E-state index in [2.05, 4.69) is 11.9 Å². The van der Waals surface area contributed by atoms with Crippen LogP contribution in [0.4, 0.5) is 0 Å². The predicted molar refractivity (Wildman–Crippen MR) is 83.3 cm³/mol. The van der Waals surface area contributed by atoms with Crippen LogP contribution in [0.2, 0.25) is 0 Å². The third kappa shape index (κ3) is 6.87. The van der Waals surface area contributed by atoms with Gasteiger partial charge in [-0.05, 0) is 25.0 Å². The molecule has 0 aliphatic carbocycles. The van der Waals surface area contributed by atoms with Crippen LogP contribution >= 0.6 is 0 Å². The lowest BCUT2D eigenvalue weighted by atomic mass is 9.99. The summed E-state index contributed by atoms with van der Waals surface area (Å²) in [6.07, 6.45) is 4.89. The maximum Gasteiger partial charge on any atom is 0.267 e. The fourth-order valence-electron chi connectivity index (χ4n) is 1.92. The van der Waals surface area contributed by atoms with Gasteiger partial charge in [0.25, 0.3) is 10.1 Å². The molecule has 1 amide bonds. The average molecular weight is 309 g/mol. The number of carbonyl (C=O) groups excluding carboxylic acids is 1. The van der Waals surface area contributed by atoms with Gasteiger partial charge in [-0.3, -0.25) is 9.35 Å². The van der Waals surface area contributed by atoms with Crippen LogP contribution in [0.5, 0.6) is 0 Å². The molecule has 0 aliphatic heterocycles. The number of hydrogen-bond acceptors (Lipinski definition) is 3. The molecule has 0 fully saturated rings. The van der Waals surface area contributed by atoms with Crippen LogP contribution in [-0.4, -0.2) is 30.2 Å². The first kappa shape index (κ1) is 17.1. The Balaban J connectivity index is 2.84. The standard InChI is InChI=1S/C15H19NO4S/c1-3-14(17)16-15(2,12-21(18,19)20)11-7-10-13-8-5-4-6-9-13/h3-10H,1,11-12H2,2H3,(H,16,17)(H,18,19,20). The molecule has 0 saturated carbocycles. The largest absolute Gasteiger partial charge is 0.346 e. The zero-order valence-corrected chi connectivity index (χ0v) is 12.6. The second-order valence-electron chi connectivity index (χ2n) is 5.00. The van der Waals surface area contributed by atoms with E-state index in [0.29, 0.717) is 0 Å². The lowest BCUT2D eigenvalue weighted by molar-refractivity contribution is -0.117. The SMILES string of the molecule is C=CC(=O)NC(C)(CC=Cc1ccccc1)CS(=O)(=O)O. The molecule has 0 saturated heterocycles. The van der Waals surface area contributed by atoms with Gasteiger partial charge in [-0.2, -0.15) is 8.42 Å². The van der Waals surface area contributed by atoms with Gasteiger partial charge in [0.1, 0.15) is 0 Å². The number of hydrogen-bond donors (Lipinski definition) is 2. The zero-order valence-electron chi connectivity index (χ0n) is 11.8. The third-order valence-corrected chi connectivity index (χ3v) is 3.79. The van der Waals surface area contributed by atoms with E-state index >= 15 is 0 Å². The maximum absolute atomic E-state index is 11.4. The minimum atomic E-state index is -4.21. The molecule has 2 N–H and O–H groups in total. The van der Waals surface area contributed by atoms with Crippen LogP contribution < -0.4 is 5.32 Å². The number of rotatable bonds is 7. The molecule has 21 heavy (non-hydrogen) atoms. The fraction of sp³-hybridized carbons (Fsp3) is 0.267. The van der Waals surface area contributed by atoms with Crippen LogP contribution in [0.25, 0.3) is 6.08 Å². The Kier molecular flexibility index (Phi) is 5.87. The van der Waals surface area contributed by atoms with Gasteiger partial charge in [0.2, 0.25) is 5.91 Å². The van der Waals surface area contributed by atoms with Gasteiger partial charge in [0, 0.05) is 0 Å². The third-order valence-electron chi connectivity index (χ3n) is 2.79. The number of carbonyl (C=O) groups is 1. The van der Waals surface area contributed by atoms with Crippen molar-refractivity contribution in [1.82, 2.24) is 5.32 Å². The second-order valence-corrected chi connectivity index (χ2v) is 6.45. The van der Waals surface area contributed by atoms with Crippen molar-refractivity contribution >= 4 is 22.1 Å². The Morgan fingerprint density at radius 1 is 1.38 bits per heavy atom. The van der Waals surface area contributed by atoms with Crippen LogP contribution in [0.1, 0.15) is 18.9 Å². The maximum atomic E-state index is 11.4. The summed E-state index contributed by atoms with van der Waals surface area (Å²) in [6.45, 7) is 4.88. The monoisotopic (exact) mass is 309 g/mol. The van der Waals surface area contributed by atoms with E-state index in [9.17, 15) is 13.2 Å². The minimum Gasteiger partial charge on any atom is -0.346 e. The topological polar surface area (TPSA) is 83.5 Å². The molecule has 0 aromatic heterocycles. The molecule has 0 radical (unpaired) electrons. The average Bonchev–Trinajstić information content (AvgIpc) is 2.37. The van der Waals surface area contributed by atoms with Crippen molar-refractivity contribution in [2.45, 2.75) is 18.9 Å².